The molecule has 0 bridgehead atoms. The number of anilines is 1. The van der Waals surface area contributed by atoms with Crippen LogP contribution in [0.15, 0.2) is 114 Å². The molecular weight excluding hydrogens is 598 g/mol. The first-order chi connectivity index (χ1) is 21.1. The summed E-state index contributed by atoms with van der Waals surface area (Å²) in [5, 5.41) is 3.41. The number of nitrogens with zero attached hydrogens (tertiary/aromatic N) is 2. The Kier molecular flexibility index (Phi) is 11.0. The number of hydrogen-bond acceptors (Lipinski definition) is 5. The quantitative estimate of drug-likeness (QED) is 0.178. The monoisotopic (exact) mass is 633 g/mol. The van der Waals surface area contributed by atoms with E-state index in [1.807, 2.05) is 44.2 Å². The first kappa shape index (κ1) is 32.6. The number of hydrogen-bond donors (Lipinski definition) is 1. The molecule has 0 aromatic heterocycles. The molecule has 0 spiro atoms. The Bertz CT molecular complexity index is 1650. The molecule has 0 aliphatic carbocycles. The smallest absolute Gasteiger partial charge is 0.264 e. The number of sulfonamides is 1. The minimum Gasteiger partial charge on any atom is -0.457 e. The van der Waals surface area contributed by atoms with Crippen molar-refractivity contribution in [3.8, 4) is 11.5 Å². The zero-order valence-corrected chi connectivity index (χ0v) is 26.5. The molecular formula is C34H36ClN3O5S. The summed E-state index contributed by atoms with van der Waals surface area (Å²) in [5.41, 5.74) is 0.968. The molecule has 4 aromatic carbocycles. The van der Waals surface area contributed by atoms with Crippen LogP contribution in [-0.2, 0) is 26.2 Å². The van der Waals surface area contributed by atoms with Gasteiger partial charge in [0.1, 0.15) is 24.1 Å². The fourth-order valence-electron chi connectivity index (χ4n) is 4.43. The average Bonchev–Trinajstić information content (AvgIpc) is 3.03. The van der Waals surface area contributed by atoms with Crippen molar-refractivity contribution in [2.24, 2.45) is 0 Å². The van der Waals surface area contributed by atoms with Gasteiger partial charge in [-0.25, -0.2) is 8.42 Å². The Morgan fingerprint density at radius 3 is 2.07 bits per heavy atom. The Morgan fingerprint density at radius 1 is 0.841 bits per heavy atom. The first-order valence-electron chi connectivity index (χ1n) is 14.3. The number of benzene rings is 4. The van der Waals surface area contributed by atoms with Crippen LogP contribution in [0.5, 0.6) is 11.5 Å². The highest BCUT2D eigenvalue weighted by Gasteiger charge is 2.32. The Labute approximate surface area is 264 Å². The molecule has 2 atom stereocenters. The molecule has 8 nitrogen and oxygen atoms in total. The van der Waals surface area contributed by atoms with Gasteiger partial charge in [0.05, 0.1) is 10.6 Å². The fraction of sp³-hybridized carbons (Fsp3) is 0.235. The predicted octanol–water partition coefficient (Wildman–Crippen LogP) is 6.66. The van der Waals surface area contributed by atoms with Crippen LogP contribution in [0.4, 0.5) is 5.69 Å². The van der Waals surface area contributed by atoms with E-state index in [2.05, 4.69) is 5.32 Å². The maximum atomic E-state index is 14.1. The molecule has 44 heavy (non-hydrogen) atoms. The standard InChI is InChI=1S/C34H36ClN3O5S/c1-4-25(2)36-34(40)26(3)37(23-27-12-11-13-28(35)22-27)33(39)24-38(44(41,42)32-16-9-6-10-17-32)29-18-20-31(21-19-29)43-30-14-7-5-8-15-30/h5-22,25-26H,4,23-24H2,1-3H3,(H,36,40)/t25-,26+/m1/s1. The van der Waals surface area contributed by atoms with Gasteiger partial charge >= 0.3 is 0 Å². The van der Waals surface area contributed by atoms with Crippen LogP contribution in [-0.4, -0.2) is 43.8 Å². The van der Waals surface area contributed by atoms with E-state index in [0.717, 1.165) is 4.31 Å². The third-order valence-corrected chi connectivity index (χ3v) is 9.15. The van der Waals surface area contributed by atoms with Crippen molar-refractivity contribution in [2.75, 3.05) is 10.8 Å². The van der Waals surface area contributed by atoms with Gasteiger partial charge in [-0.1, -0.05) is 67.1 Å². The molecule has 0 heterocycles. The maximum absolute atomic E-state index is 14.1. The molecule has 4 aromatic rings. The molecule has 0 saturated carbocycles. The summed E-state index contributed by atoms with van der Waals surface area (Å²) in [4.78, 5) is 28.7. The van der Waals surface area contributed by atoms with Gasteiger partial charge in [-0.05, 0) is 86.5 Å². The lowest BCUT2D eigenvalue weighted by molar-refractivity contribution is -0.139. The van der Waals surface area contributed by atoms with Gasteiger partial charge < -0.3 is 15.0 Å². The minimum absolute atomic E-state index is 0.0290. The van der Waals surface area contributed by atoms with Gasteiger partial charge in [-0.2, -0.15) is 0 Å². The van der Waals surface area contributed by atoms with Crippen molar-refractivity contribution in [1.82, 2.24) is 10.2 Å². The highest BCUT2D eigenvalue weighted by atomic mass is 35.5. The lowest BCUT2D eigenvalue weighted by Crippen LogP contribution is -2.52. The van der Waals surface area contributed by atoms with E-state index in [0.29, 0.717) is 28.5 Å². The van der Waals surface area contributed by atoms with E-state index >= 15 is 0 Å². The van der Waals surface area contributed by atoms with E-state index in [-0.39, 0.29) is 29.1 Å². The largest absolute Gasteiger partial charge is 0.457 e. The summed E-state index contributed by atoms with van der Waals surface area (Å²) in [6.07, 6.45) is 0.716. The van der Waals surface area contributed by atoms with E-state index in [9.17, 15) is 18.0 Å². The number of rotatable bonds is 13. The van der Waals surface area contributed by atoms with Gasteiger partial charge in [0, 0.05) is 17.6 Å². The molecule has 0 aliphatic heterocycles. The van der Waals surface area contributed by atoms with Crippen molar-refractivity contribution >= 4 is 39.1 Å². The van der Waals surface area contributed by atoms with Crippen molar-refractivity contribution in [1.29, 1.82) is 0 Å². The number of halogens is 1. The summed E-state index contributed by atoms with van der Waals surface area (Å²) in [5.74, 6) is 0.238. The van der Waals surface area contributed by atoms with E-state index < -0.39 is 28.5 Å². The maximum Gasteiger partial charge on any atom is 0.264 e. The Morgan fingerprint density at radius 2 is 1.45 bits per heavy atom. The molecule has 0 unspecified atom stereocenters. The van der Waals surface area contributed by atoms with Crippen molar-refractivity contribution in [2.45, 2.75) is 50.7 Å². The third-order valence-electron chi connectivity index (χ3n) is 7.12. The fourth-order valence-corrected chi connectivity index (χ4v) is 6.08. The van der Waals surface area contributed by atoms with E-state index in [1.165, 1.54) is 17.0 Å². The molecule has 0 fully saturated rings. The minimum atomic E-state index is -4.18. The predicted molar refractivity (Wildman–Crippen MR) is 173 cm³/mol. The van der Waals surface area contributed by atoms with Crippen LogP contribution in [0.1, 0.15) is 32.8 Å². The molecule has 0 radical (unpaired) electrons. The first-order valence-corrected chi connectivity index (χ1v) is 16.2. The number of carbonyl (C=O) groups excluding carboxylic acids is 2. The molecule has 1 N–H and O–H groups in total. The number of carbonyl (C=O) groups is 2. The third kappa shape index (κ3) is 8.39. The van der Waals surface area contributed by atoms with Crippen molar-refractivity contribution < 1.29 is 22.7 Å². The van der Waals surface area contributed by atoms with Crippen LogP contribution in [0, 0.1) is 0 Å². The van der Waals surface area contributed by atoms with E-state index in [1.54, 1.807) is 73.7 Å². The van der Waals surface area contributed by atoms with Gasteiger partial charge in [-0.15, -0.1) is 0 Å². The van der Waals surface area contributed by atoms with Crippen molar-refractivity contribution in [3.05, 3.63) is 120 Å². The lowest BCUT2D eigenvalue weighted by atomic mass is 10.1. The summed E-state index contributed by atoms with van der Waals surface area (Å²) in [7, 11) is -4.18. The second-order valence-corrected chi connectivity index (χ2v) is 12.7. The molecule has 4 rings (SSSR count). The van der Waals surface area contributed by atoms with Crippen LogP contribution in [0.25, 0.3) is 0 Å². The molecule has 0 saturated heterocycles. The van der Waals surface area contributed by atoms with Crippen LogP contribution < -0.4 is 14.4 Å². The molecule has 2 amide bonds. The van der Waals surface area contributed by atoms with Gasteiger partial charge in [0.15, 0.2) is 0 Å². The number of nitrogens with one attached hydrogen (secondary N) is 1. The van der Waals surface area contributed by atoms with Crippen LogP contribution in [0.3, 0.4) is 0 Å². The zero-order chi connectivity index (χ0) is 31.7. The van der Waals surface area contributed by atoms with Crippen molar-refractivity contribution in [3.63, 3.8) is 0 Å². The second kappa shape index (κ2) is 14.9. The highest BCUT2D eigenvalue weighted by Crippen LogP contribution is 2.28. The summed E-state index contributed by atoms with van der Waals surface area (Å²) < 4.78 is 34.9. The zero-order valence-electron chi connectivity index (χ0n) is 24.9. The normalized spacial score (nSPS) is 12.5. The van der Waals surface area contributed by atoms with Crippen LogP contribution in [0.2, 0.25) is 5.02 Å². The summed E-state index contributed by atoms with van der Waals surface area (Å²) >= 11 is 6.21. The SMILES string of the molecule is CC[C@@H](C)NC(=O)[C@H](C)N(Cc1cccc(Cl)c1)C(=O)CN(c1ccc(Oc2ccccc2)cc1)S(=O)(=O)c1ccccc1. The van der Waals surface area contributed by atoms with Crippen LogP contribution >= 0.6 is 11.6 Å². The topological polar surface area (TPSA) is 96.0 Å². The van der Waals surface area contributed by atoms with Gasteiger partial charge in [-0.3, -0.25) is 13.9 Å². The molecule has 10 heteroatoms. The van der Waals surface area contributed by atoms with E-state index in [4.69, 9.17) is 16.3 Å². The number of para-hydroxylation sites is 1. The van der Waals surface area contributed by atoms with Gasteiger partial charge in [0.2, 0.25) is 11.8 Å². The Hall–Kier alpha value is -4.34. The lowest BCUT2D eigenvalue weighted by Gasteiger charge is -2.32. The number of amides is 2. The Balaban J connectivity index is 1.69. The molecule has 230 valence electrons. The molecule has 0 aliphatic rings. The summed E-state index contributed by atoms with van der Waals surface area (Å²) in [6.45, 7) is 4.97. The highest BCUT2D eigenvalue weighted by molar-refractivity contribution is 7.92. The van der Waals surface area contributed by atoms with Gasteiger partial charge in [0.25, 0.3) is 10.0 Å². The summed E-state index contributed by atoms with van der Waals surface area (Å²) in [6, 6.07) is 29.6. The second-order valence-electron chi connectivity index (χ2n) is 10.4. The number of ether oxygens (including phenoxy) is 1. The average molecular weight is 634 g/mol.